The molecule has 0 amide bonds. The molecule has 0 spiro atoms. The lowest BCUT2D eigenvalue weighted by Gasteiger charge is -2.19. The highest BCUT2D eigenvalue weighted by molar-refractivity contribution is 9.10. The lowest BCUT2D eigenvalue weighted by Crippen LogP contribution is -2.22. The van der Waals surface area contributed by atoms with E-state index < -0.39 is 0 Å². The normalized spacial score (nSPS) is 12.4. The summed E-state index contributed by atoms with van der Waals surface area (Å²) in [5.41, 5.74) is 1.87. The summed E-state index contributed by atoms with van der Waals surface area (Å²) in [5.74, 6) is 0.436. The van der Waals surface area contributed by atoms with Crippen LogP contribution in [0.5, 0.6) is 5.75 Å². The van der Waals surface area contributed by atoms with E-state index in [2.05, 4.69) is 26.3 Å². The molecule has 1 N–H and O–H groups in total. The van der Waals surface area contributed by atoms with E-state index in [1.807, 2.05) is 18.7 Å². The predicted octanol–water partition coefficient (Wildman–Crippen LogP) is 3.12. The van der Waals surface area contributed by atoms with Gasteiger partial charge >= 0.3 is 0 Å². The molecule has 1 heterocycles. The fourth-order valence-corrected chi connectivity index (χ4v) is 2.63. The van der Waals surface area contributed by atoms with Crippen LogP contribution in [0.4, 0.5) is 4.39 Å². The van der Waals surface area contributed by atoms with Gasteiger partial charge in [-0.05, 0) is 47.6 Å². The fourth-order valence-electron chi connectivity index (χ4n) is 2.23. The summed E-state index contributed by atoms with van der Waals surface area (Å²) >= 11 is 3.22. The highest BCUT2D eigenvalue weighted by Crippen LogP contribution is 2.31. The van der Waals surface area contributed by atoms with Crippen LogP contribution in [0.3, 0.4) is 0 Å². The molecular formula is C14H17BrFN3O. The summed E-state index contributed by atoms with van der Waals surface area (Å²) in [5, 5.41) is 7.54. The Hall–Kier alpha value is -1.40. The number of nitrogens with one attached hydrogen (secondary N) is 1. The molecule has 0 aliphatic carbocycles. The third kappa shape index (κ3) is 2.71. The van der Waals surface area contributed by atoms with Gasteiger partial charge in [-0.2, -0.15) is 5.10 Å². The van der Waals surface area contributed by atoms with Gasteiger partial charge in [0.2, 0.25) is 0 Å². The molecule has 0 saturated carbocycles. The van der Waals surface area contributed by atoms with Crippen molar-refractivity contribution < 1.29 is 9.13 Å². The van der Waals surface area contributed by atoms with Gasteiger partial charge in [0.1, 0.15) is 11.5 Å². The zero-order valence-corrected chi connectivity index (χ0v) is 13.2. The van der Waals surface area contributed by atoms with Gasteiger partial charge < -0.3 is 10.1 Å². The summed E-state index contributed by atoms with van der Waals surface area (Å²) in [7, 11) is 3.47. The van der Waals surface area contributed by atoms with Crippen molar-refractivity contribution >= 4 is 15.9 Å². The van der Waals surface area contributed by atoms with Gasteiger partial charge in [0.15, 0.2) is 5.75 Å². The van der Waals surface area contributed by atoms with Crippen LogP contribution < -0.4 is 10.1 Å². The molecular weight excluding hydrogens is 325 g/mol. The number of hydrogen-bond donors (Lipinski definition) is 1. The second kappa shape index (κ2) is 6.37. The van der Waals surface area contributed by atoms with Crippen LogP contribution in [0, 0.1) is 5.82 Å². The molecule has 0 saturated heterocycles. The van der Waals surface area contributed by atoms with Crippen molar-refractivity contribution in [1.29, 1.82) is 0 Å². The first-order chi connectivity index (χ1) is 9.62. The van der Waals surface area contributed by atoms with Crippen LogP contribution in [0.15, 0.2) is 28.9 Å². The molecule has 1 aromatic heterocycles. The van der Waals surface area contributed by atoms with Crippen LogP contribution in [-0.2, 0) is 6.54 Å². The van der Waals surface area contributed by atoms with Gasteiger partial charge in [0, 0.05) is 6.54 Å². The van der Waals surface area contributed by atoms with Crippen molar-refractivity contribution in [2.75, 3.05) is 14.2 Å². The summed E-state index contributed by atoms with van der Waals surface area (Å²) in [6, 6.07) is 4.85. The summed E-state index contributed by atoms with van der Waals surface area (Å²) in [6.45, 7) is 2.75. The molecule has 4 nitrogen and oxygen atoms in total. The smallest absolute Gasteiger partial charge is 0.161 e. The van der Waals surface area contributed by atoms with E-state index in [0.29, 0.717) is 10.2 Å². The van der Waals surface area contributed by atoms with E-state index in [1.165, 1.54) is 6.07 Å². The zero-order chi connectivity index (χ0) is 14.7. The molecule has 0 aliphatic heterocycles. The Labute approximate surface area is 126 Å². The Balaban J connectivity index is 2.51. The monoisotopic (exact) mass is 341 g/mol. The second-order valence-electron chi connectivity index (χ2n) is 4.31. The molecule has 1 atom stereocenters. The number of rotatable bonds is 5. The number of ether oxygens (including phenoxy) is 1. The van der Waals surface area contributed by atoms with Gasteiger partial charge in [-0.3, -0.25) is 4.68 Å². The number of aryl methyl sites for hydroxylation is 1. The Morgan fingerprint density at radius 2 is 2.25 bits per heavy atom. The van der Waals surface area contributed by atoms with E-state index in [-0.39, 0.29) is 11.9 Å². The molecule has 2 aromatic rings. The van der Waals surface area contributed by atoms with Gasteiger partial charge in [-0.15, -0.1) is 0 Å². The number of hydrogen-bond acceptors (Lipinski definition) is 3. The van der Waals surface area contributed by atoms with Crippen LogP contribution >= 0.6 is 15.9 Å². The zero-order valence-electron chi connectivity index (χ0n) is 11.7. The van der Waals surface area contributed by atoms with Gasteiger partial charge in [-0.1, -0.05) is 6.07 Å². The maximum atomic E-state index is 13.4. The predicted molar refractivity (Wildman–Crippen MR) is 79.5 cm³/mol. The lowest BCUT2D eigenvalue weighted by atomic mass is 10.0. The van der Waals surface area contributed by atoms with Gasteiger partial charge in [-0.25, -0.2) is 4.39 Å². The van der Waals surface area contributed by atoms with Crippen molar-refractivity contribution in [1.82, 2.24) is 15.1 Å². The SMILES string of the molecule is CCn1ncc(OC)c1C(NC)c1ccc(F)c(Br)c1. The van der Waals surface area contributed by atoms with E-state index in [1.54, 1.807) is 25.4 Å². The first-order valence-electron chi connectivity index (χ1n) is 6.34. The largest absolute Gasteiger partial charge is 0.493 e. The number of aromatic nitrogens is 2. The van der Waals surface area contributed by atoms with Crippen molar-refractivity contribution in [3.63, 3.8) is 0 Å². The molecule has 1 aromatic carbocycles. The van der Waals surface area contributed by atoms with Crippen molar-refractivity contribution in [2.45, 2.75) is 19.5 Å². The highest BCUT2D eigenvalue weighted by Gasteiger charge is 2.22. The summed E-state index contributed by atoms with van der Waals surface area (Å²) < 4.78 is 21.1. The molecule has 6 heteroatoms. The fraction of sp³-hybridized carbons (Fsp3) is 0.357. The minimum absolute atomic E-state index is 0.121. The highest BCUT2D eigenvalue weighted by atomic mass is 79.9. The minimum Gasteiger partial charge on any atom is -0.493 e. The number of benzene rings is 1. The lowest BCUT2D eigenvalue weighted by molar-refractivity contribution is 0.401. The van der Waals surface area contributed by atoms with E-state index >= 15 is 0 Å². The Bertz CT molecular complexity index is 579. The molecule has 0 bridgehead atoms. The van der Waals surface area contributed by atoms with E-state index in [4.69, 9.17) is 4.74 Å². The number of halogens is 2. The Kier molecular flexibility index (Phi) is 4.77. The molecule has 20 heavy (non-hydrogen) atoms. The second-order valence-corrected chi connectivity index (χ2v) is 5.16. The molecule has 2 rings (SSSR count). The summed E-state index contributed by atoms with van der Waals surface area (Å²) in [4.78, 5) is 0. The molecule has 0 fully saturated rings. The van der Waals surface area contributed by atoms with Crippen molar-refractivity contribution in [3.05, 3.63) is 45.9 Å². The first-order valence-corrected chi connectivity index (χ1v) is 7.13. The Morgan fingerprint density at radius 3 is 2.80 bits per heavy atom. The van der Waals surface area contributed by atoms with Crippen LogP contribution in [-0.4, -0.2) is 23.9 Å². The van der Waals surface area contributed by atoms with E-state index in [0.717, 1.165) is 17.8 Å². The maximum absolute atomic E-state index is 13.4. The van der Waals surface area contributed by atoms with Crippen LogP contribution in [0.2, 0.25) is 0 Å². The topological polar surface area (TPSA) is 39.1 Å². The third-order valence-electron chi connectivity index (χ3n) is 3.20. The molecule has 108 valence electrons. The maximum Gasteiger partial charge on any atom is 0.161 e. The minimum atomic E-state index is -0.278. The standard InChI is InChI=1S/C14H17BrFN3O/c1-4-19-14(12(20-3)8-18-19)13(17-2)9-5-6-11(16)10(15)7-9/h5-8,13,17H,4H2,1-3H3. The van der Waals surface area contributed by atoms with E-state index in [9.17, 15) is 4.39 Å². The van der Waals surface area contributed by atoms with Crippen molar-refractivity contribution in [2.24, 2.45) is 0 Å². The Morgan fingerprint density at radius 1 is 1.50 bits per heavy atom. The molecule has 1 unspecified atom stereocenters. The number of nitrogens with zero attached hydrogens (tertiary/aromatic N) is 2. The van der Waals surface area contributed by atoms with Crippen LogP contribution in [0.25, 0.3) is 0 Å². The van der Waals surface area contributed by atoms with Gasteiger partial charge in [0.25, 0.3) is 0 Å². The first kappa shape index (κ1) is 15.0. The average Bonchev–Trinajstić information content (AvgIpc) is 2.86. The van der Waals surface area contributed by atoms with Crippen LogP contribution in [0.1, 0.15) is 24.2 Å². The molecule has 0 radical (unpaired) electrons. The third-order valence-corrected chi connectivity index (χ3v) is 3.81. The number of methoxy groups -OCH3 is 1. The van der Waals surface area contributed by atoms with Crippen molar-refractivity contribution in [3.8, 4) is 5.75 Å². The quantitative estimate of drug-likeness (QED) is 0.908. The summed E-state index contributed by atoms with van der Waals surface area (Å²) in [6.07, 6.45) is 1.70. The molecule has 0 aliphatic rings. The average molecular weight is 342 g/mol. The van der Waals surface area contributed by atoms with Gasteiger partial charge in [0.05, 0.1) is 23.8 Å².